The lowest BCUT2D eigenvalue weighted by molar-refractivity contribution is -0.134. The molecule has 0 radical (unpaired) electrons. The number of aryl methyl sites for hydroxylation is 1. The van der Waals surface area contributed by atoms with Gasteiger partial charge in [0.05, 0.1) is 23.5 Å². The molecule has 270 valence electrons. The number of imide groups is 1. The van der Waals surface area contributed by atoms with Crippen LogP contribution < -0.4 is 21.1 Å². The number of hydrogen-bond acceptors (Lipinski definition) is 8. The SMILES string of the molecule is Cc1c(NC2CC(c3ccc(C(=O)N4CCC5(CC4)CCN(c4ccc(C6CCC(=O)NC6=O)cc4F)CC5)cc3)CN(C)C2)cnn(C)c1=O. The highest BCUT2D eigenvalue weighted by atomic mass is 19.1. The van der Waals surface area contributed by atoms with Gasteiger partial charge in [0.25, 0.3) is 11.5 Å². The zero-order valence-corrected chi connectivity index (χ0v) is 29.8. The van der Waals surface area contributed by atoms with E-state index in [-0.39, 0.29) is 47.0 Å². The average molecular weight is 698 g/mol. The number of piperidine rings is 4. The van der Waals surface area contributed by atoms with Gasteiger partial charge in [-0.15, -0.1) is 0 Å². The standard InChI is InChI=1S/C39H48FN7O4/c1-25-33(22-41-45(3)37(25)50)42-30-20-29(23-44(2)24-30)26-4-6-27(7-5-26)38(51)47-18-14-39(15-19-47)12-16-46(17-13-39)34-10-8-28(21-32(34)40)31-9-11-35(48)43-36(31)49/h4-8,10,21-22,29-31,42H,9,11-20,23-24H2,1-3H3,(H,43,48,49). The summed E-state index contributed by atoms with van der Waals surface area (Å²) in [6, 6.07) is 13.3. The van der Waals surface area contributed by atoms with E-state index in [2.05, 4.69) is 44.7 Å². The van der Waals surface area contributed by atoms with Crippen molar-refractivity contribution in [3.63, 3.8) is 0 Å². The topological polar surface area (TPSA) is 120 Å². The summed E-state index contributed by atoms with van der Waals surface area (Å²) in [4.78, 5) is 56.2. The number of benzene rings is 2. The van der Waals surface area contributed by atoms with Crippen molar-refractivity contribution in [3.05, 3.63) is 87.1 Å². The molecule has 4 saturated heterocycles. The van der Waals surface area contributed by atoms with Crippen molar-refractivity contribution in [2.75, 3.05) is 56.5 Å². The van der Waals surface area contributed by atoms with E-state index in [1.807, 2.05) is 30.0 Å². The molecule has 12 heteroatoms. The van der Waals surface area contributed by atoms with E-state index >= 15 is 4.39 Å². The molecule has 7 rings (SSSR count). The van der Waals surface area contributed by atoms with E-state index in [1.165, 1.54) is 16.3 Å². The first-order chi connectivity index (χ1) is 24.5. The van der Waals surface area contributed by atoms with Crippen molar-refractivity contribution in [3.8, 4) is 0 Å². The van der Waals surface area contributed by atoms with Gasteiger partial charge in [0, 0.05) is 69.9 Å². The van der Waals surface area contributed by atoms with Gasteiger partial charge in [-0.3, -0.25) is 24.5 Å². The minimum absolute atomic E-state index is 0.0703. The second kappa shape index (κ2) is 14.2. The Bertz CT molecular complexity index is 1860. The van der Waals surface area contributed by atoms with Crippen molar-refractivity contribution >= 4 is 29.1 Å². The maximum atomic E-state index is 15.3. The highest BCUT2D eigenvalue weighted by Crippen LogP contribution is 2.43. The summed E-state index contributed by atoms with van der Waals surface area (Å²) in [6.45, 7) is 6.54. The molecule has 0 bridgehead atoms. The Balaban J connectivity index is 0.912. The number of likely N-dealkylation sites (tertiary alicyclic amines) is 2. The third-order valence-corrected chi connectivity index (χ3v) is 11.9. The van der Waals surface area contributed by atoms with Gasteiger partial charge in [0.15, 0.2) is 0 Å². The molecule has 2 N–H and O–H groups in total. The maximum Gasteiger partial charge on any atom is 0.271 e. The normalized spacial score (nSPS) is 24.0. The summed E-state index contributed by atoms with van der Waals surface area (Å²) >= 11 is 0. The van der Waals surface area contributed by atoms with Crippen LogP contribution in [0.15, 0.2) is 53.5 Å². The maximum absolute atomic E-state index is 15.3. The number of halogens is 1. The first kappa shape index (κ1) is 34.9. The number of carbonyl (C=O) groups is 3. The van der Waals surface area contributed by atoms with E-state index < -0.39 is 5.92 Å². The Kier molecular flexibility index (Phi) is 9.71. The van der Waals surface area contributed by atoms with Gasteiger partial charge in [0.2, 0.25) is 11.8 Å². The molecular weight excluding hydrogens is 649 g/mol. The third kappa shape index (κ3) is 7.28. The van der Waals surface area contributed by atoms with Crippen LogP contribution in [0.25, 0.3) is 0 Å². The first-order valence-electron chi connectivity index (χ1n) is 18.2. The van der Waals surface area contributed by atoms with Crippen LogP contribution in [-0.4, -0.2) is 89.7 Å². The molecule has 1 aromatic heterocycles. The Morgan fingerprint density at radius 3 is 2.31 bits per heavy atom. The Morgan fingerprint density at radius 2 is 1.63 bits per heavy atom. The lowest BCUT2D eigenvalue weighted by Gasteiger charge is -2.47. The molecule has 3 atom stereocenters. The lowest BCUT2D eigenvalue weighted by atomic mass is 9.71. The summed E-state index contributed by atoms with van der Waals surface area (Å²) in [7, 11) is 3.77. The molecule has 5 heterocycles. The molecule has 4 fully saturated rings. The van der Waals surface area contributed by atoms with Gasteiger partial charge < -0.3 is 20.0 Å². The van der Waals surface area contributed by atoms with Crippen LogP contribution in [0.3, 0.4) is 0 Å². The summed E-state index contributed by atoms with van der Waals surface area (Å²) in [5, 5.41) is 10.1. The van der Waals surface area contributed by atoms with E-state index in [0.717, 1.165) is 64.0 Å². The highest BCUT2D eigenvalue weighted by molar-refractivity contribution is 6.01. The zero-order valence-electron chi connectivity index (χ0n) is 29.8. The number of nitrogens with zero attached hydrogens (tertiary/aromatic N) is 5. The van der Waals surface area contributed by atoms with E-state index in [0.29, 0.717) is 47.8 Å². The fraction of sp³-hybridized carbons (Fsp3) is 0.513. The van der Waals surface area contributed by atoms with Crippen molar-refractivity contribution in [2.24, 2.45) is 12.5 Å². The largest absolute Gasteiger partial charge is 0.379 e. The molecule has 3 unspecified atom stereocenters. The molecule has 1 spiro atoms. The number of rotatable bonds is 6. The predicted molar refractivity (Wildman–Crippen MR) is 193 cm³/mol. The summed E-state index contributed by atoms with van der Waals surface area (Å²) < 4.78 is 16.7. The number of carbonyl (C=O) groups excluding carboxylic acids is 3. The molecule has 51 heavy (non-hydrogen) atoms. The van der Waals surface area contributed by atoms with Gasteiger partial charge >= 0.3 is 0 Å². The zero-order chi connectivity index (χ0) is 35.9. The minimum Gasteiger partial charge on any atom is -0.379 e. The van der Waals surface area contributed by atoms with Crippen LogP contribution in [0.1, 0.15) is 83.8 Å². The van der Waals surface area contributed by atoms with Crippen LogP contribution >= 0.6 is 0 Å². The molecule has 2 aromatic carbocycles. The molecule has 3 aromatic rings. The second-order valence-electron chi connectivity index (χ2n) is 15.2. The van der Waals surface area contributed by atoms with Crippen LogP contribution in [0.2, 0.25) is 0 Å². The van der Waals surface area contributed by atoms with Gasteiger partial charge in [-0.1, -0.05) is 18.2 Å². The molecule has 0 saturated carbocycles. The van der Waals surface area contributed by atoms with Gasteiger partial charge in [-0.25, -0.2) is 9.07 Å². The van der Waals surface area contributed by atoms with Crippen molar-refractivity contribution in [1.29, 1.82) is 0 Å². The Labute approximate surface area is 298 Å². The fourth-order valence-corrected chi connectivity index (χ4v) is 8.68. The Hall–Kier alpha value is -4.58. The molecular formula is C39H48FN7O4. The van der Waals surface area contributed by atoms with E-state index in [9.17, 15) is 19.2 Å². The Morgan fingerprint density at radius 1 is 0.941 bits per heavy atom. The number of nitrogens with one attached hydrogen (secondary N) is 2. The van der Waals surface area contributed by atoms with Crippen molar-refractivity contribution < 1.29 is 18.8 Å². The van der Waals surface area contributed by atoms with E-state index in [4.69, 9.17) is 0 Å². The van der Waals surface area contributed by atoms with Gasteiger partial charge in [-0.05, 0) is 99.2 Å². The van der Waals surface area contributed by atoms with Crippen molar-refractivity contribution in [1.82, 2.24) is 24.9 Å². The number of anilines is 2. The van der Waals surface area contributed by atoms with Crippen molar-refractivity contribution in [2.45, 2.75) is 69.7 Å². The van der Waals surface area contributed by atoms with Crippen LogP contribution in [-0.2, 0) is 16.6 Å². The first-order valence-corrected chi connectivity index (χ1v) is 18.2. The van der Waals surface area contributed by atoms with E-state index in [1.54, 1.807) is 19.3 Å². The smallest absolute Gasteiger partial charge is 0.271 e. The van der Waals surface area contributed by atoms with Crippen LogP contribution in [0.5, 0.6) is 0 Å². The summed E-state index contributed by atoms with van der Waals surface area (Å²) in [5.41, 5.74) is 4.57. The summed E-state index contributed by atoms with van der Waals surface area (Å²) in [5.74, 6) is -1.11. The van der Waals surface area contributed by atoms with Gasteiger partial charge in [0.1, 0.15) is 5.82 Å². The van der Waals surface area contributed by atoms with Crippen LogP contribution in [0, 0.1) is 18.2 Å². The molecule has 4 aliphatic heterocycles. The molecule has 11 nitrogen and oxygen atoms in total. The highest BCUT2D eigenvalue weighted by Gasteiger charge is 2.39. The van der Waals surface area contributed by atoms with Crippen LogP contribution in [0.4, 0.5) is 15.8 Å². The molecule has 0 aliphatic carbocycles. The molecule has 4 aliphatic rings. The molecule has 3 amide bonds. The monoisotopic (exact) mass is 697 g/mol. The fourth-order valence-electron chi connectivity index (χ4n) is 8.68. The summed E-state index contributed by atoms with van der Waals surface area (Å²) in [6.07, 6.45) is 7.07. The third-order valence-electron chi connectivity index (χ3n) is 11.9. The predicted octanol–water partition coefficient (Wildman–Crippen LogP) is 4.17. The number of hydrogen-bond donors (Lipinski definition) is 2. The number of amides is 3. The lowest BCUT2D eigenvalue weighted by Crippen LogP contribution is -2.48. The van der Waals surface area contributed by atoms with Gasteiger partial charge in [-0.2, -0.15) is 5.10 Å². The second-order valence-corrected chi connectivity index (χ2v) is 15.2. The number of aromatic nitrogens is 2. The number of likely N-dealkylation sites (N-methyl/N-ethyl adjacent to an activating group) is 1. The minimum atomic E-state index is -0.501. The quantitative estimate of drug-likeness (QED) is 0.369. The average Bonchev–Trinajstić information content (AvgIpc) is 3.12.